The van der Waals surface area contributed by atoms with Crippen molar-refractivity contribution in [3.05, 3.63) is 22.5 Å². The molecule has 1 fully saturated rings. The fourth-order valence-electron chi connectivity index (χ4n) is 3.15. The van der Waals surface area contributed by atoms with Crippen molar-refractivity contribution in [1.82, 2.24) is 14.8 Å². The molecule has 0 radical (unpaired) electrons. The standard InChI is InChI=1S/C18H24BrN3O4/c1-18(2,3)26-17(24)20-11-5-7-22(8-6-11)16(23)13-9-14-12(21(13)4)10-15(19)25-14/h9-11H,5-8H2,1-4H3,(H,20,24). The van der Waals surface area contributed by atoms with Crippen molar-refractivity contribution >= 4 is 39.0 Å². The van der Waals surface area contributed by atoms with Gasteiger partial charge in [0.2, 0.25) is 0 Å². The second kappa shape index (κ2) is 6.98. The second-order valence-corrected chi connectivity index (χ2v) is 8.38. The molecule has 142 valence electrons. The molecule has 0 unspecified atom stereocenters. The maximum absolute atomic E-state index is 12.8. The van der Waals surface area contributed by atoms with Crippen molar-refractivity contribution in [2.75, 3.05) is 13.1 Å². The summed E-state index contributed by atoms with van der Waals surface area (Å²) in [4.78, 5) is 26.5. The number of ether oxygens (including phenoxy) is 1. The lowest BCUT2D eigenvalue weighted by atomic mass is 10.0. The number of fused-ring (bicyclic) bond motifs is 1. The molecule has 0 aliphatic carbocycles. The first-order valence-electron chi connectivity index (χ1n) is 8.67. The summed E-state index contributed by atoms with van der Waals surface area (Å²) in [6.07, 6.45) is 1.00. The smallest absolute Gasteiger partial charge is 0.407 e. The maximum atomic E-state index is 12.8. The molecule has 1 N–H and O–H groups in total. The van der Waals surface area contributed by atoms with Crippen LogP contribution in [0.1, 0.15) is 44.1 Å². The van der Waals surface area contributed by atoms with E-state index in [1.807, 2.05) is 43.4 Å². The average molecular weight is 426 g/mol. The van der Waals surface area contributed by atoms with E-state index >= 15 is 0 Å². The second-order valence-electron chi connectivity index (χ2n) is 7.60. The minimum atomic E-state index is -0.515. The minimum absolute atomic E-state index is 0.0225. The number of aryl methyl sites for hydroxylation is 1. The highest BCUT2D eigenvalue weighted by atomic mass is 79.9. The Balaban J connectivity index is 1.59. The van der Waals surface area contributed by atoms with Crippen LogP contribution < -0.4 is 5.32 Å². The molecule has 7 nitrogen and oxygen atoms in total. The predicted octanol–water partition coefficient (Wildman–Crippen LogP) is 3.66. The van der Waals surface area contributed by atoms with Crippen LogP contribution in [0.3, 0.4) is 0 Å². The number of piperidine rings is 1. The molecule has 0 bridgehead atoms. The summed E-state index contributed by atoms with van der Waals surface area (Å²) in [7, 11) is 1.86. The molecule has 1 aliphatic rings. The van der Waals surface area contributed by atoms with Crippen LogP contribution in [0, 0.1) is 0 Å². The van der Waals surface area contributed by atoms with Gasteiger partial charge in [0.05, 0.1) is 5.52 Å². The zero-order chi connectivity index (χ0) is 19.1. The third-order valence-corrected chi connectivity index (χ3v) is 4.81. The molecular formula is C18H24BrN3O4. The molecule has 0 saturated carbocycles. The van der Waals surface area contributed by atoms with E-state index in [0.29, 0.717) is 41.9 Å². The van der Waals surface area contributed by atoms with Crippen molar-refractivity contribution in [1.29, 1.82) is 0 Å². The summed E-state index contributed by atoms with van der Waals surface area (Å²) >= 11 is 3.30. The highest BCUT2D eigenvalue weighted by Crippen LogP contribution is 2.27. The van der Waals surface area contributed by atoms with Gasteiger partial charge in [-0.05, 0) is 49.5 Å². The molecule has 2 aromatic heterocycles. The number of carbonyl (C=O) groups is 2. The lowest BCUT2D eigenvalue weighted by molar-refractivity contribution is 0.0473. The summed E-state index contributed by atoms with van der Waals surface area (Å²) in [5, 5.41) is 2.89. The molecular weight excluding hydrogens is 402 g/mol. The summed E-state index contributed by atoms with van der Waals surface area (Å²) in [5.41, 5.74) is 1.65. The van der Waals surface area contributed by atoms with E-state index in [1.54, 1.807) is 6.07 Å². The van der Waals surface area contributed by atoms with Gasteiger partial charge in [-0.2, -0.15) is 0 Å². The number of hydrogen-bond donors (Lipinski definition) is 1. The number of amides is 2. The zero-order valence-electron chi connectivity index (χ0n) is 15.5. The molecule has 3 rings (SSSR count). The third-order valence-electron chi connectivity index (χ3n) is 4.42. The average Bonchev–Trinajstić information content (AvgIpc) is 3.03. The van der Waals surface area contributed by atoms with Gasteiger partial charge in [-0.1, -0.05) is 0 Å². The lowest BCUT2D eigenvalue weighted by Gasteiger charge is -2.32. The molecule has 1 aliphatic heterocycles. The van der Waals surface area contributed by atoms with E-state index in [0.717, 1.165) is 5.52 Å². The molecule has 0 spiro atoms. The molecule has 3 heterocycles. The van der Waals surface area contributed by atoms with Crippen molar-refractivity contribution < 1.29 is 18.7 Å². The van der Waals surface area contributed by atoms with Gasteiger partial charge in [-0.3, -0.25) is 4.79 Å². The number of carbonyl (C=O) groups excluding carboxylic acids is 2. The van der Waals surface area contributed by atoms with Crippen LogP contribution in [0.4, 0.5) is 4.79 Å². The third kappa shape index (κ3) is 4.06. The van der Waals surface area contributed by atoms with Crippen LogP contribution in [0.2, 0.25) is 0 Å². The number of likely N-dealkylation sites (tertiary alicyclic amines) is 1. The number of furan rings is 1. The monoisotopic (exact) mass is 425 g/mol. The Morgan fingerprint density at radius 3 is 2.50 bits per heavy atom. The molecule has 0 aromatic carbocycles. The van der Waals surface area contributed by atoms with Crippen LogP contribution >= 0.6 is 15.9 Å². The van der Waals surface area contributed by atoms with Crippen molar-refractivity contribution in [3.8, 4) is 0 Å². The fourth-order valence-corrected chi connectivity index (χ4v) is 3.54. The van der Waals surface area contributed by atoms with E-state index in [-0.39, 0.29) is 11.9 Å². The van der Waals surface area contributed by atoms with E-state index in [1.165, 1.54) is 0 Å². The van der Waals surface area contributed by atoms with Crippen molar-refractivity contribution in [2.24, 2.45) is 7.05 Å². The van der Waals surface area contributed by atoms with Gasteiger partial charge in [0.1, 0.15) is 11.3 Å². The van der Waals surface area contributed by atoms with Gasteiger partial charge in [-0.15, -0.1) is 0 Å². The van der Waals surface area contributed by atoms with Gasteiger partial charge < -0.3 is 23.9 Å². The molecule has 2 aromatic rings. The van der Waals surface area contributed by atoms with Crippen LogP contribution in [0.5, 0.6) is 0 Å². The van der Waals surface area contributed by atoms with Crippen LogP contribution in [-0.2, 0) is 11.8 Å². The topological polar surface area (TPSA) is 76.7 Å². The van der Waals surface area contributed by atoms with Gasteiger partial charge in [-0.25, -0.2) is 4.79 Å². The van der Waals surface area contributed by atoms with Crippen molar-refractivity contribution in [3.63, 3.8) is 0 Å². The first kappa shape index (κ1) is 18.8. The summed E-state index contributed by atoms with van der Waals surface area (Å²) < 4.78 is 13.3. The first-order chi connectivity index (χ1) is 12.1. The van der Waals surface area contributed by atoms with E-state index in [4.69, 9.17) is 9.15 Å². The molecule has 0 atom stereocenters. The zero-order valence-corrected chi connectivity index (χ0v) is 17.1. The van der Waals surface area contributed by atoms with Crippen LogP contribution in [0.25, 0.3) is 11.1 Å². The highest BCUT2D eigenvalue weighted by Gasteiger charge is 2.28. The number of aromatic nitrogens is 1. The number of nitrogens with zero attached hydrogens (tertiary/aromatic N) is 2. The van der Waals surface area contributed by atoms with E-state index in [9.17, 15) is 9.59 Å². The normalized spacial score (nSPS) is 16.1. The largest absolute Gasteiger partial charge is 0.448 e. The Kier molecular flexibility index (Phi) is 5.05. The van der Waals surface area contributed by atoms with E-state index < -0.39 is 11.7 Å². The molecule has 8 heteroatoms. The summed E-state index contributed by atoms with van der Waals surface area (Å²) in [6.45, 7) is 6.69. The minimum Gasteiger partial charge on any atom is -0.448 e. The van der Waals surface area contributed by atoms with E-state index in [2.05, 4.69) is 21.2 Å². The molecule has 2 amide bonds. The quantitative estimate of drug-likeness (QED) is 0.795. The SMILES string of the molecule is Cn1c(C(=O)N2CCC(NC(=O)OC(C)(C)C)CC2)cc2oc(Br)cc21. The van der Waals surface area contributed by atoms with Gasteiger partial charge in [0, 0.05) is 38.3 Å². The first-order valence-corrected chi connectivity index (χ1v) is 9.47. The Labute approximate surface area is 160 Å². The Morgan fingerprint density at radius 1 is 1.27 bits per heavy atom. The Hall–Kier alpha value is -1.96. The van der Waals surface area contributed by atoms with Crippen LogP contribution in [0.15, 0.2) is 21.2 Å². The van der Waals surface area contributed by atoms with Gasteiger partial charge in [0.15, 0.2) is 10.3 Å². The van der Waals surface area contributed by atoms with Crippen LogP contribution in [-0.4, -0.2) is 46.2 Å². The predicted molar refractivity (Wildman–Crippen MR) is 101 cm³/mol. The van der Waals surface area contributed by atoms with Gasteiger partial charge in [0.25, 0.3) is 5.91 Å². The lowest BCUT2D eigenvalue weighted by Crippen LogP contribution is -2.47. The molecule has 26 heavy (non-hydrogen) atoms. The number of hydrogen-bond acceptors (Lipinski definition) is 4. The number of alkyl carbamates (subject to hydrolysis) is 1. The maximum Gasteiger partial charge on any atom is 0.407 e. The molecule has 1 saturated heterocycles. The Bertz CT molecular complexity index is 825. The van der Waals surface area contributed by atoms with Crippen molar-refractivity contribution in [2.45, 2.75) is 45.3 Å². The fraction of sp³-hybridized carbons (Fsp3) is 0.556. The summed E-state index contributed by atoms with van der Waals surface area (Å²) in [6, 6.07) is 3.64. The number of nitrogens with one attached hydrogen (secondary N) is 1. The number of halogens is 1. The van der Waals surface area contributed by atoms with Gasteiger partial charge >= 0.3 is 6.09 Å². The summed E-state index contributed by atoms with van der Waals surface area (Å²) in [5.74, 6) is -0.0225. The highest BCUT2D eigenvalue weighted by molar-refractivity contribution is 9.10. The Morgan fingerprint density at radius 2 is 1.92 bits per heavy atom. The number of rotatable bonds is 2.